The molecular weight excluding hydrogens is 284 g/mol. The highest BCUT2D eigenvalue weighted by molar-refractivity contribution is 5.94. The number of aryl methyl sites for hydroxylation is 2. The van der Waals surface area contributed by atoms with E-state index >= 15 is 0 Å². The van der Waals surface area contributed by atoms with Gasteiger partial charge in [0.25, 0.3) is 11.5 Å². The fourth-order valence-corrected chi connectivity index (χ4v) is 2.93. The number of aromatic nitrogens is 1. The second-order valence-corrected chi connectivity index (χ2v) is 5.85. The standard InChI is InChI=1S/C16H24N2O4/c1-3-13-11(2)10-12(14(20)17-13)15(21)18-16(4-7-19)5-8-22-9-6-16/h10,19H,3-9H2,1-2H3,(H,17,20)(H,18,21). The molecule has 6 nitrogen and oxygen atoms in total. The molecule has 1 aromatic heterocycles. The summed E-state index contributed by atoms with van der Waals surface area (Å²) in [5.41, 5.74) is 1.01. The molecule has 1 aliphatic heterocycles. The van der Waals surface area contributed by atoms with E-state index in [0.717, 1.165) is 17.7 Å². The molecule has 0 aliphatic carbocycles. The van der Waals surface area contributed by atoms with E-state index in [2.05, 4.69) is 10.3 Å². The van der Waals surface area contributed by atoms with E-state index in [1.54, 1.807) is 6.07 Å². The van der Waals surface area contributed by atoms with E-state index in [0.29, 0.717) is 32.5 Å². The highest BCUT2D eigenvalue weighted by Crippen LogP contribution is 2.24. The number of carbonyl (C=O) groups excluding carboxylic acids is 1. The number of pyridine rings is 1. The molecule has 0 bridgehead atoms. The third-order valence-corrected chi connectivity index (χ3v) is 4.36. The summed E-state index contributed by atoms with van der Waals surface area (Å²) < 4.78 is 5.33. The second-order valence-electron chi connectivity index (χ2n) is 5.85. The van der Waals surface area contributed by atoms with Crippen LogP contribution in [0.3, 0.4) is 0 Å². The largest absolute Gasteiger partial charge is 0.396 e. The minimum Gasteiger partial charge on any atom is -0.396 e. The summed E-state index contributed by atoms with van der Waals surface area (Å²) in [6.07, 6.45) is 2.47. The molecule has 1 saturated heterocycles. The van der Waals surface area contributed by atoms with Crippen molar-refractivity contribution in [2.75, 3.05) is 19.8 Å². The van der Waals surface area contributed by atoms with Gasteiger partial charge in [-0.25, -0.2) is 0 Å². The van der Waals surface area contributed by atoms with Crippen LogP contribution in [0.4, 0.5) is 0 Å². The minimum absolute atomic E-state index is 0.00949. The Morgan fingerprint density at radius 2 is 2.14 bits per heavy atom. The number of rotatable bonds is 5. The Morgan fingerprint density at radius 3 is 2.73 bits per heavy atom. The number of aliphatic hydroxyl groups is 1. The molecule has 22 heavy (non-hydrogen) atoms. The van der Waals surface area contributed by atoms with Crippen molar-refractivity contribution in [2.24, 2.45) is 0 Å². The van der Waals surface area contributed by atoms with Crippen LogP contribution in [0.25, 0.3) is 0 Å². The maximum atomic E-state index is 12.5. The van der Waals surface area contributed by atoms with Gasteiger partial charge in [0.05, 0.1) is 0 Å². The fourth-order valence-electron chi connectivity index (χ4n) is 2.93. The highest BCUT2D eigenvalue weighted by atomic mass is 16.5. The van der Waals surface area contributed by atoms with Crippen molar-refractivity contribution >= 4 is 5.91 Å². The SMILES string of the molecule is CCc1[nH]c(=O)c(C(=O)NC2(CCO)CCOCC2)cc1C. The van der Waals surface area contributed by atoms with Crippen LogP contribution in [-0.4, -0.2) is 41.4 Å². The van der Waals surface area contributed by atoms with Gasteiger partial charge in [0.1, 0.15) is 5.56 Å². The van der Waals surface area contributed by atoms with Gasteiger partial charge in [-0.2, -0.15) is 0 Å². The summed E-state index contributed by atoms with van der Waals surface area (Å²) >= 11 is 0. The Bertz CT molecular complexity index is 583. The van der Waals surface area contributed by atoms with E-state index in [1.165, 1.54) is 0 Å². The van der Waals surface area contributed by atoms with Gasteiger partial charge in [-0.1, -0.05) is 6.92 Å². The first-order valence-corrected chi connectivity index (χ1v) is 7.75. The number of hydrogen-bond donors (Lipinski definition) is 3. The molecule has 2 heterocycles. The molecule has 2 rings (SSSR count). The highest BCUT2D eigenvalue weighted by Gasteiger charge is 2.34. The lowest BCUT2D eigenvalue weighted by molar-refractivity contribution is 0.0267. The van der Waals surface area contributed by atoms with Gasteiger partial charge in [0, 0.05) is 31.1 Å². The van der Waals surface area contributed by atoms with Crippen LogP contribution in [0.1, 0.15) is 47.8 Å². The number of ether oxygens (including phenoxy) is 1. The molecule has 1 aromatic rings. The van der Waals surface area contributed by atoms with Crippen LogP contribution < -0.4 is 10.9 Å². The zero-order valence-corrected chi connectivity index (χ0v) is 13.2. The first-order chi connectivity index (χ1) is 10.5. The predicted octanol–water partition coefficient (Wildman–Crippen LogP) is 0.907. The number of H-pyrrole nitrogens is 1. The molecule has 3 N–H and O–H groups in total. The number of amides is 1. The van der Waals surface area contributed by atoms with Crippen molar-refractivity contribution in [3.63, 3.8) is 0 Å². The third-order valence-electron chi connectivity index (χ3n) is 4.36. The molecule has 0 aromatic carbocycles. The number of aliphatic hydroxyl groups excluding tert-OH is 1. The summed E-state index contributed by atoms with van der Waals surface area (Å²) in [6, 6.07) is 1.64. The third kappa shape index (κ3) is 3.56. The molecule has 0 saturated carbocycles. The molecule has 1 aliphatic rings. The van der Waals surface area contributed by atoms with Crippen molar-refractivity contribution in [1.29, 1.82) is 0 Å². The Labute approximate surface area is 129 Å². The zero-order valence-electron chi connectivity index (χ0n) is 13.2. The summed E-state index contributed by atoms with van der Waals surface area (Å²) in [5.74, 6) is -0.387. The molecule has 1 amide bonds. The first kappa shape index (κ1) is 16.7. The molecule has 122 valence electrons. The lowest BCUT2D eigenvalue weighted by Crippen LogP contribution is -2.53. The van der Waals surface area contributed by atoms with Gasteiger partial charge in [-0.05, 0) is 44.2 Å². The van der Waals surface area contributed by atoms with Gasteiger partial charge < -0.3 is 20.1 Å². The molecule has 6 heteroatoms. The van der Waals surface area contributed by atoms with E-state index < -0.39 is 5.54 Å². The maximum absolute atomic E-state index is 12.5. The van der Waals surface area contributed by atoms with Gasteiger partial charge in [0.15, 0.2) is 0 Å². The molecule has 0 unspecified atom stereocenters. The minimum atomic E-state index is -0.492. The Kier molecular flexibility index (Phi) is 5.37. The zero-order chi connectivity index (χ0) is 16.2. The summed E-state index contributed by atoms with van der Waals surface area (Å²) in [7, 11) is 0. The van der Waals surface area contributed by atoms with Gasteiger partial charge in [0.2, 0.25) is 0 Å². The first-order valence-electron chi connectivity index (χ1n) is 7.75. The lowest BCUT2D eigenvalue weighted by Gasteiger charge is -2.37. The van der Waals surface area contributed by atoms with Crippen LogP contribution in [0, 0.1) is 6.92 Å². The van der Waals surface area contributed by atoms with Crippen LogP contribution in [0.5, 0.6) is 0 Å². The van der Waals surface area contributed by atoms with E-state index in [9.17, 15) is 14.7 Å². The van der Waals surface area contributed by atoms with E-state index in [1.807, 2.05) is 13.8 Å². The quantitative estimate of drug-likeness (QED) is 0.754. The average molecular weight is 308 g/mol. The Balaban J connectivity index is 2.24. The normalized spacial score (nSPS) is 17.2. The monoisotopic (exact) mass is 308 g/mol. The molecule has 0 atom stereocenters. The maximum Gasteiger partial charge on any atom is 0.261 e. The average Bonchev–Trinajstić information content (AvgIpc) is 2.50. The molecule has 1 fully saturated rings. The van der Waals surface area contributed by atoms with Crippen LogP contribution in [0.2, 0.25) is 0 Å². The van der Waals surface area contributed by atoms with E-state index in [-0.39, 0.29) is 23.6 Å². The van der Waals surface area contributed by atoms with Crippen LogP contribution in [-0.2, 0) is 11.2 Å². The number of hydrogen-bond acceptors (Lipinski definition) is 4. The molecule has 0 spiro atoms. The van der Waals surface area contributed by atoms with Gasteiger partial charge in [-0.15, -0.1) is 0 Å². The van der Waals surface area contributed by atoms with Crippen molar-refractivity contribution < 1.29 is 14.6 Å². The summed E-state index contributed by atoms with van der Waals surface area (Å²) in [6.45, 7) is 4.92. The van der Waals surface area contributed by atoms with Crippen molar-refractivity contribution in [1.82, 2.24) is 10.3 Å². The van der Waals surface area contributed by atoms with Crippen molar-refractivity contribution in [3.8, 4) is 0 Å². The van der Waals surface area contributed by atoms with Gasteiger partial charge >= 0.3 is 0 Å². The predicted molar refractivity (Wildman–Crippen MR) is 83.1 cm³/mol. The van der Waals surface area contributed by atoms with Crippen molar-refractivity contribution in [2.45, 2.75) is 45.1 Å². The number of carbonyl (C=O) groups is 1. The second kappa shape index (κ2) is 7.07. The topological polar surface area (TPSA) is 91.4 Å². The summed E-state index contributed by atoms with van der Waals surface area (Å²) in [4.78, 5) is 27.4. The smallest absolute Gasteiger partial charge is 0.261 e. The van der Waals surface area contributed by atoms with Crippen LogP contribution >= 0.6 is 0 Å². The molecule has 0 radical (unpaired) electrons. The van der Waals surface area contributed by atoms with Gasteiger partial charge in [-0.3, -0.25) is 9.59 Å². The lowest BCUT2D eigenvalue weighted by atomic mass is 9.86. The fraction of sp³-hybridized carbons (Fsp3) is 0.625. The van der Waals surface area contributed by atoms with Crippen molar-refractivity contribution in [3.05, 3.63) is 33.2 Å². The molecular formula is C16H24N2O4. The summed E-state index contributed by atoms with van der Waals surface area (Å²) in [5, 5.41) is 12.2. The Hall–Kier alpha value is -1.66. The van der Waals surface area contributed by atoms with Crippen LogP contribution in [0.15, 0.2) is 10.9 Å². The van der Waals surface area contributed by atoms with E-state index in [4.69, 9.17) is 4.74 Å². The number of nitrogens with one attached hydrogen (secondary N) is 2. The number of aromatic amines is 1. The Morgan fingerprint density at radius 1 is 1.45 bits per heavy atom.